The molecule has 0 bridgehead atoms. The van der Waals surface area contributed by atoms with E-state index in [1.807, 2.05) is 28.8 Å². The lowest BCUT2D eigenvalue weighted by atomic mass is 10.2. The van der Waals surface area contributed by atoms with Gasteiger partial charge in [-0.3, -0.25) is 0 Å². The summed E-state index contributed by atoms with van der Waals surface area (Å²) in [6.45, 7) is 4.98. The van der Waals surface area contributed by atoms with Gasteiger partial charge in [0, 0.05) is 16.8 Å². The van der Waals surface area contributed by atoms with Crippen LogP contribution >= 0.6 is 11.3 Å². The third-order valence-corrected chi connectivity index (χ3v) is 6.39. The number of nitrogens with zero attached hydrogens (tertiary/aromatic N) is 5. The number of aromatic nitrogens is 3. The predicted molar refractivity (Wildman–Crippen MR) is 112 cm³/mol. The molecule has 0 radical (unpaired) electrons. The molecule has 3 heterocycles. The van der Waals surface area contributed by atoms with Crippen LogP contribution in [0.15, 0.2) is 40.8 Å². The first-order valence-corrected chi connectivity index (χ1v) is 10.4. The van der Waals surface area contributed by atoms with Gasteiger partial charge in [0.25, 0.3) is 0 Å². The van der Waals surface area contributed by atoms with Gasteiger partial charge in [-0.2, -0.15) is 0 Å². The average molecular weight is 392 g/mol. The molecule has 142 valence electrons. The van der Waals surface area contributed by atoms with Crippen molar-refractivity contribution in [1.82, 2.24) is 14.5 Å². The average Bonchev–Trinajstić information content (AvgIpc) is 3.33. The van der Waals surface area contributed by atoms with Crippen molar-refractivity contribution in [2.45, 2.75) is 39.7 Å². The lowest BCUT2D eigenvalue weighted by Crippen LogP contribution is -2.03. The van der Waals surface area contributed by atoms with Crippen molar-refractivity contribution >= 4 is 44.0 Å². The Kier molecular flexibility index (Phi) is 4.12. The van der Waals surface area contributed by atoms with Crippen LogP contribution in [0.3, 0.4) is 0 Å². The number of hydrogen-bond acceptors (Lipinski definition) is 6. The van der Waals surface area contributed by atoms with E-state index in [4.69, 9.17) is 0 Å². The first-order valence-electron chi connectivity index (χ1n) is 9.60. The summed E-state index contributed by atoms with van der Waals surface area (Å²) in [6, 6.07) is 7.90. The summed E-state index contributed by atoms with van der Waals surface area (Å²) in [4.78, 5) is 11.2. The Hall–Kier alpha value is -2.80. The largest absolute Gasteiger partial charge is 0.493 e. The molecular formula is C21H21N5OS. The van der Waals surface area contributed by atoms with Crippen LogP contribution in [0.5, 0.6) is 5.88 Å². The molecule has 4 aromatic rings. The highest BCUT2D eigenvalue weighted by Crippen LogP contribution is 2.42. The molecule has 0 spiro atoms. The second-order valence-corrected chi connectivity index (χ2v) is 8.71. The Morgan fingerprint density at radius 1 is 1.18 bits per heavy atom. The van der Waals surface area contributed by atoms with E-state index in [1.165, 1.54) is 16.9 Å². The Balaban J connectivity index is 1.64. The molecule has 0 fully saturated rings. The van der Waals surface area contributed by atoms with Crippen LogP contribution in [0.25, 0.3) is 21.1 Å². The number of aromatic hydroxyl groups is 1. The Morgan fingerprint density at radius 3 is 2.89 bits per heavy atom. The summed E-state index contributed by atoms with van der Waals surface area (Å²) in [6.07, 6.45) is 4.87. The van der Waals surface area contributed by atoms with Gasteiger partial charge in [-0.25, -0.2) is 9.97 Å². The molecule has 28 heavy (non-hydrogen) atoms. The number of hydrogen-bond donors (Lipinski definition) is 1. The van der Waals surface area contributed by atoms with E-state index in [2.05, 4.69) is 34.0 Å². The summed E-state index contributed by atoms with van der Waals surface area (Å²) < 4.78 is 1.91. The summed E-state index contributed by atoms with van der Waals surface area (Å²) in [5.41, 5.74) is 2.78. The molecule has 1 aliphatic carbocycles. The minimum Gasteiger partial charge on any atom is -0.493 e. The van der Waals surface area contributed by atoms with E-state index in [-0.39, 0.29) is 5.88 Å². The Bertz CT molecular complexity index is 1220. The summed E-state index contributed by atoms with van der Waals surface area (Å²) >= 11 is 1.73. The maximum absolute atomic E-state index is 10.8. The Morgan fingerprint density at radius 2 is 2.04 bits per heavy atom. The van der Waals surface area contributed by atoms with E-state index < -0.39 is 0 Å². The molecule has 1 N–H and O–H groups in total. The van der Waals surface area contributed by atoms with Gasteiger partial charge in [-0.05, 0) is 36.8 Å². The lowest BCUT2D eigenvalue weighted by Gasteiger charge is -2.09. The van der Waals surface area contributed by atoms with E-state index in [9.17, 15) is 5.11 Å². The van der Waals surface area contributed by atoms with Crippen molar-refractivity contribution < 1.29 is 5.11 Å². The van der Waals surface area contributed by atoms with Crippen LogP contribution in [-0.4, -0.2) is 19.6 Å². The minimum absolute atomic E-state index is 0.152. The number of rotatable bonds is 4. The fourth-order valence-electron chi connectivity index (χ4n) is 4.01. The minimum atomic E-state index is 0.152. The lowest BCUT2D eigenvalue weighted by molar-refractivity contribution is 0.401. The van der Waals surface area contributed by atoms with Crippen LogP contribution in [-0.2, 0) is 19.4 Å². The summed E-state index contributed by atoms with van der Waals surface area (Å²) in [5, 5.41) is 21.7. The van der Waals surface area contributed by atoms with Crippen LogP contribution in [0, 0.1) is 5.92 Å². The topological polar surface area (TPSA) is 75.7 Å². The zero-order chi connectivity index (χ0) is 19.3. The smallest absolute Gasteiger partial charge is 0.220 e. The molecule has 0 aliphatic heterocycles. The number of fused-ring (bicyclic) bond motifs is 4. The first-order chi connectivity index (χ1) is 13.6. The fraction of sp³-hybridized carbons (Fsp3) is 0.333. The summed E-state index contributed by atoms with van der Waals surface area (Å²) in [5.74, 6) is 1.14. The van der Waals surface area contributed by atoms with Gasteiger partial charge in [0.1, 0.15) is 11.2 Å². The first kappa shape index (κ1) is 17.3. The second kappa shape index (κ2) is 6.67. The van der Waals surface area contributed by atoms with Crippen LogP contribution in [0.2, 0.25) is 0 Å². The number of para-hydroxylation sites is 1. The number of aryl methyl sites for hydroxylation is 2. The maximum atomic E-state index is 10.8. The van der Waals surface area contributed by atoms with Gasteiger partial charge in [-0.15, -0.1) is 21.6 Å². The SMILES string of the molecule is CC(C)Cn1c(O)c(N=Nc2ncnc3sc4c(c23)CCC4)c2ccccc21. The van der Waals surface area contributed by atoms with Crippen molar-refractivity contribution in [2.24, 2.45) is 16.1 Å². The van der Waals surface area contributed by atoms with Gasteiger partial charge in [-0.1, -0.05) is 32.0 Å². The second-order valence-electron chi connectivity index (χ2n) is 7.63. The van der Waals surface area contributed by atoms with Gasteiger partial charge in [0.2, 0.25) is 5.88 Å². The molecule has 3 aromatic heterocycles. The monoisotopic (exact) mass is 391 g/mol. The molecule has 7 heteroatoms. The maximum Gasteiger partial charge on any atom is 0.220 e. The molecule has 1 aromatic carbocycles. The molecule has 0 saturated heterocycles. The number of thiophene rings is 1. The number of benzene rings is 1. The molecule has 0 amide bonds. The molecule has 0 saturated carbocycles. The quantitative estimate of drug-likeness (QED) is 0.439. The highest BCUT2D eigenvalue weighted by Gasteiger charge is 2.22. The molecule has 0 atom stereocenters. The molecule has 6 nitrogen and oxygen atoms in total. The zero-order valence-corrected chi connectivity index (χ0v) is 16.7. The van der Waals surface area contributed by atoms with Crippen molar-refractivity contribution in [3.63, 3.8) is 0 Å². The molecule has 5 rings (SSSR count). The van der Waals surface area contributed by atoms with E-state index >= 15 is 0 Å². The third kappa shape index (κ3) is 2.69. The van der Waals surface area contributed by atoms with E-state index in [0.29, 0.717) is 17.4 Å². The van der Waals surface area contributed by atoms with Crippen molar-refractivity contribution in [3.8, 4) is 5.88 Å². The molecule has 0 unspecified atom stereocenters. The van der Waals surface area contributed by atoms with Gasteiger partial charge in [0.05, 0.1) is 10.9 Å². The van der Waals surface area contributed by atoms with Crippen LogP contribution in [0.4, 0.5) is 11.5 Å². The highest BCUT2D eigenvalue weighted by molar-refractivity contribution is 7.19. The fourth-order valence-corrected chi connectivity index (χ4v) is 5.23. The van der Waals surface area contributed by atoms with Gasteiger partial charge < -0.3 is 9.67 Å². The standard InChI is InChI=1S/C21H21N5OS/c1-12(2)10-26-15-8-4-3-6-13(15)18(21(26)27)24-25-19-17-14-7-5-9-16(14)28-20(17)23-11-22-19/h3-4,6,8,11-12,27H,5,7,9-10H2,1-2H3. The van der Waals surface area contributed by atoms with Crippen LogP contribution in [0.1, 0.15) is 30.7 Å². The summed E-state index contributed by atoms with van der Waals surface area (Å²) in [7, 11) is 0. The van der Waals surface area contributed by atoms with Crippen molar-refractivity contribution in [2.75, 3.05) is 0 Å². The highest BCUT2D eigenvalue weighted by atomic mass is 32.1. The van der Waals surface area contributed by atoms with Crippen LogP contribution < -0.4 is 0 Å². The van der Waals surface area contributed by atoms with Crippen molar-refractivity contribution in [3.05, 3.63) is 41.0 Å². The molecular weight excluding hydrogens is 370 g/mol. The van der Waals surface area contributed by atoms with E-state index in [1.54, 1.807) is 17.7 Å². The van der Waals surface area contributed by atoms with E-state index in [0.717, 1.165) is 40.5 Å². The Labute approximate surface area is 166 Å². The normalized spacial score (nSPS) is 14.1. The van der Waals surface area contributed by atoms with Gasteiger partial charge >= 0.3 is 0 Å². The zero-order valence-electron chi connectivity index (χ0n) is 15.9. The van der Waals surface area contributed by atoms with Gasteiger partial charge in [0.15, 0.2) is 11.5 Å². The molecule has 1 aliphatic rings. The number of azo groups is 1. The predicted octanol–water partition coefficient (Wildman–Crippen LogP) is 5.91. The third-order valence-electron chi connectivity index (χ3n) is 5.19. The van der Waals surface area contributed by atoms with Crippen molar-refractivity contribution in [1.29, 1.82) is 0 Å².